The van der Waals surface area contributed by atoms with Crippen molar-refractivity contribution in [1.29, 1.82) is 0 Å². The van der Waals surface area contributed by atoms with Crippen LogP contribution in [0.3, 0.4) is 0 Å². The number of methoxy groups -OCH3 is 1. The standard InChI is InChI=1S/C13H16O3/c1-16-13(15)8-4-7-11-5-2-3-6-12(11)9-10-14/h2-3,5-6,10H,4,7-9H2,1H3. The molecule has 1 aromatic carbocycles. The second kappa shape index (κ2) is 6.77. The molecule has 0 bridgehead atoms. The van der Waals surface area contributed by atoms with Gasteiger partial charge in [0.05, 0.1) is 7.11 Å². The molecule has 0 atom stereocenters. The Hall–Kier alpha value is -1.64. The third kappa shape index (κ3) is 3.85. The summed E-state index contributed by atoms with van der Waals surface area (Å²) in [6.45, 7) is 0. The van der Waals surface area contributed by atoms with E-state index in [1.165, 1.54) is 7.11 Å². The third-order valence-corrected chi connectivity index (χ3v) is 2.48. The van der Waals surface area contributed by atoms with Gasteiger partial charge in [0.1, 0.15) is 6.29 Å². The highest BCUT2D eigenvalue weighted by Crippen LogP contribution is 2.12. The lowest BCUT2D eigenvalue weighted by Gasteiger charge is -2.06. The molecule has 0 saturated carbocycles. The normalized spacial score (nSPS) is 9.81. The lowest BCUT2D eigenvalue weighted by Crippen LogP contribution is -2.02. The van der Waals surface area contributed by atoms with Gasteiger partial charge in [-0.3, -0.25) is 4.79 Å². The molecule has 1 rings (SSSR count). The Balaban J connectivity index is 2.52. The van der Waals surface area contributed by atoms with Crippen LogP contribution in [0.2, 0.25) is 0 Å². The molecule has 0 spiro atoms. The highest BCUT2D eigenvalue weighted by atomic mass is 16.5. The number of hydrogen-bond acceptors (Lipinski definition) is 3. The summed E-state index contributed by atoms with van der Waals surface area (Å²) in [6.07, 6.45) is 3.32. The Morgan fingerprint density at radius 1 is 1.31 bits per heavy atom. The minimum absolute atomic E-state index is 0.187. The predicted molar refractivity (Wildman–Crippen MR) is 61.2 cm³/mol. The number of esters is 1. The maximum Gasteiger partial charge on any atom is 0.305 e. The molecule has 0 aromatic heterocycles. The Morgan fingerprint density at radius 3 is 2.62 bits per heavy atom. The fourth-order valence-corrected chi connectivity index (χ4v) is 1.62. The van der Waals surface area contributed by atoms with Crippen molar-refractivity contribution < 1.29 is 14.3 Å². The maximum absolute atomic E-state index is 10.9. The average molecular weight is 220 g/mol. The Morgan fingerprint density at radius 2 is 2.00 bits per heavy atom. The smallest absolute Gasteiger partial charge is 0.305 e. The minimum Gasteiger partial charge on any atom is -0.469 e. The van der Waals surface area contributed by atoms with E-state index in [2.05, 4.69) is 4.74 Å². The van der Waals surface area contributed by atoms with Crippen LogP contribution in [0.4, 0.5) is 0 Å². The largest absolute Gasteiger partial charge is 0.469 e. The second-order valence-corrected chi connectivity index (χ2v) is 3.57. The Bertz CT molecular complexity index is 358. The van der Waals surface area contributed by atoms with Crippen LogP contribution in [0.15, 0.2) is 24.3 Å². The molecule has 16 heavy (non-hydrogen) atoms. The molecule has 0 aliphatic carbocycles. The van der Waals surface area contributed by atoms with E-state index in [0.29, 0.717) is 12.8 Å². The number of carbonyl (C=O) groups is 2. The van der Waals surface area contributed by atoms with E-state index in [-0.39, 0.29) is 5.97 Å². The van der Waals surface area contributed by atoms with Gasteiger partial charge in [0, 0.05) is 12.8 Å². The number of rotatable bonds is 6. The van der Waals surface area contributed by atoms with E-state index in [9.17, 15) is 9.59 Å². The van der Waals surface area contributed by atoms with Crippen molar-refractivity contribution >= 4 is 12.3 Å². The summed E-state index contributed by atoms with van der Waals surface area (Å²) in [5, 5.41) is 0. The number of ether oxygens (including phenoxy) is 1. The summed E-state index contributed by atoms with van der Waals surface area (Å²) in [5.74, 6) is -0.187. The quantitative estimate of drug-likeness (QED) is 0.543. The molecule has 0 N–H and O–H groups in total. The van der Waals surface area contributed by atoms with Crippen LogP contribution in [-0.2, 0) is 27.2 Å². The van der Waals surface area contributed by atoms with Crippen LogP contribution in [0, 0.1) is 0 Å². The molecule has 0 amide bonds. The zero-order chi connectivity index (χ0) is 11.8. The summed E-state index contributed by atoms with van der Waals surface area (Å²) in [6, 6.07) is 7.81. The van der Waals surface area contributed by atoms with Gasteiger partial charge in [-0.2, -0.15) is 0 Å². The lowest BCUT2D eigenvalue weighted by atomic mass is 10.0. The molecular formula is C13H16O3. The van der Waals surface area contributed by atoms with Crippen molar-refractivity contribution in [3.05, 3.63) is 35.4 Å². The van der Waals surface area contributed by atoms with Gasteiger partial charge in [-0.05, 0) is 24.0 Å². The Kier molecular flexibility index (Phi) is 5.26. The van der Waals surface area contributed by atoms with E-state index in [0.717, 1.165) is 30.3 Å². The highest BCUT2D eigenvalue weighted by molar-refractivity contribution is 5.69. The van der Waals surface area contributed by atoms with Crippen LogP contribution in [-0.4, -0.2) is 19.4 Å². The van der Waals surface area contributed by atoms with Crippen molar-refractivity contribution in [1.82, 2.24) is 0 Å². The molecule has 0 unspecified atom stereocenters. The van der Waals surface area contributed by atoms with Crippen LogP contribution >= 0.6 is 0 Å². The monoisotopic (exact) mass is 220 g/mol. The van der Waals surface area contributed by atoms with Gasteiger partial charge in [0.25, 0.3) is 0 Å². The second-order valence-electron chi connectivity index (χ2n) is 3.57. The van der Waals surface area contributed by atoms with Crippen LogP contribution < -0.4 is 0 Å². The lowest BCUT2D eigenvalue weighted by molar-refractivity contribution is -0.140. The number of hydrogen-bond donors (Lipinski definition) is 0. The van der Waals surface area contributed by atoms with Crippen LogP contribution in [0.25, 0.3) is 0 Å². The molecule has 0 aliphatic heterocycles. The van der Waals surface area contributed by atoms with E-state index in [1.54, 1.807) is 0 Å². The van der Waals surface area contributed by atoms with E-state index in [1.807, 2.05) is 24.3 Å². The molecule has 3 heteroatoms. The molecule has 0 saturated heterocycles. The van der Waals surface area contributed by atoms with Gasteiger partial charge in [0.15, 0.2) is 0 Å². The molecule has 0 aliphatic rings. The zero-order valence-corrected chi connectivity index (χ0v) is 9.44. The first-order chi connectivity index (χ1) is 7.77. The van der Waals surface area contributed by atoms with E-state index in [4.69, 9.17) is 0 Å². The predicted octanol–water partition coefficient (Wildman–Crippen LogP) is 1.92. The number of aldehydes is 1. The van der Waals surface area contributed by atoms with Crippen molar-refractivity contribution in [2.24, 2.45) is 0 Å². The molecule has 0 radical (unpaired) electrons. The van der Waals surface area contributed by atoms with Crippen molar-refractivity contribution in [2.75, 3.05) is 7.11 Å². The summed E-state index contributed by atoms with van der Waals surface area (Å²) >= 11 is 0. The number of carbonyl (C=O) groups excluding carboxylic acids is 2. The molecule has 0 heterocycles. The highest BCUT2D eigenvalue weighted by Gasteiger charge is 2.03. The molecule has 86 valence electrons. The SMILES string of the molecule is COC(=O)CCCc1ccccc1CC=O. The van der Waals surface area contributed by atoms with Crippen molar-refractivity contribution in [2.45, 2.75) is 25.7 Å². The van der Waals surface area contributed by atoms with Gasteiger partial charge in [0.2, 0.25) is 0 Å². The number of benzene rings is 1. The van der Waals surface area contributed by atoms with Gasteiger partial charge >= 0.3 is 5.97 Å². The zero-order valence-electron chi connectivity index (χ0n) is 9.44. The third-order valence-electron chi connectivity index (χ3n) is 2.48. The molecule has 3 nitrogen and oxygen atoms in total. The summed E-state index contributed by atoms with van der Waals surface area (Å²) in [5.41, 5.74) is 2.18. The van der Waals surface area contributed by atoms with E-state index >= 15 is 0 Å². The topological polar surface area (TPSA) is 43.4 Å². The Labute approximate surface area is 95.4 Å². The van der Waals surface area contributed by atoms with Crippen molar-refractivity contribution in [3.8, 4) is 0 Å². The van der Waals surface area contributed by atoms with Gasteiger partial charge in [-0.25, -0.2) is 0 Å². The summed E-state index contributed by atoms with van der Waals surface area (Å²) in [4.78, 5) is 21.4. The van der Waals surface area contributed by atoms with Gasteiger partial charge in [-0.1, -0.05) is 24.3 Å². The average Bonchev–Trinajstić information content (AvgIpc) is 2.31. The fraction of sp³-hybridized carbons (Fsp3) is 0.385. The van der Waals surface area contributed by atoms with Crippen LogP contribution in [0.5, 0.6) is 0 Å². The van der Waals surface area contributed by atoms with Gasteiger partial charge in [-0.15, -0.1) is 0 Å². The summed E-state index contributed by atoms with van der Waals surface area (Å²) in [7, 11) is 1.39. The molecular weight excluding hydrogens is 204 g/mol. The fourth-order valence-electron chi connectivity index (χ4n) is 1.62. The number of aryl methyl sites for hydroxylation is 1. The van der Waals surface area contributed by atoms with Crippen molar-refractivity contribution in [3.63, 3.8) is 0 Å². The van der Waals surface area contributed by atoms with Crippen LogP contribution in [0.1, 0.15) is 24.0 Å². The minimum atomic E-state index is -0.187. The van der Waals surface area contributed by atoms with E-state index < -0.39 is 0 Å². The summed E-state index contributed by atoms with van der Waals surface area (Å²) < 4.78 is 4.57. The molecule has 1 aromatic rings. The first kappa shape index (κ1) is 12.4. The first-order valence-electron chi connectivity index (χ1n) is 5.35. The van der Waals surface area contributed by atoms with Gasteiger partial charge < -0.3 is 9.53 Å². The first-order valence-corrected chi connectivity index (χ1v) is 5.35. The maximum atomic E-state index is 10.9. The molecule has 0 fully saturated rings.